The topological polar surface area (TPSA) is 104 Å². The van der Waals surface area contributed by atoms with E-state index in [0.717, 1.165) is 38.0 Å². The van der Waals surface area contributed by atoms with Gasteiger partial charge < -0.3 is 9.84 Å². The molecule has 4 atom stereocenters. The van der Waals surface area contributed by atoms with Gasteiger partial charge in [-0.2, -0.15) is 0 Å². The number of benzene rings is 2. The molecule has 2 heterocycles. The Hall–Kier alpha value is -3.82. The zero-order valence-electron chi connectivity index (χ0n) is 25.3. The first-order valence-electron chi connectivity index (χ1n) is 15.6. The quantitative estimate of drug-likeness (QED) is 0.263. The summed E-state index contributed by atoms with van der Waals surface area (Å²) in [5.74, 6) is -3.01. The lowest BCUT2D eigenvalue weighted by Crippen LogP contribution is -2.47. The van der Waals surface area contributed by atoms with Gasteiger partial charge in [0.2, 0.25) is 11.8 Å². The molecular weight excluding hydrogens is 636 g/mol. The third kappa shape index (κ3) is 4.91. The molecule has 4 unspecified atom stereocenters. The van der Waals surface area contributed by atoms with Crippen molar-refractivity contribution in [1.29, 1.82) is 0 Å². The molecule has 45 heavy (non-hydrogen) atoms. The van der Waals surface area contributed by atoms with Crippen molar-refractivity contribution in [2.75, 3.05) is 20.2 Å². The van der Waals surface area contributed by atoms with Gasteiger partial charge in [0.15, 0.2) is 23.1 Å². The van der Waals surface area contributed by atoms with E-state index < -0.39 is 23.7 Å². The van der Waals surface area contributed by atoms with E-state index in [0.29, 0.717) is 33.2 Å². The van der Waals surface area contributed by atoms with Crippen LogP contribution in [-0.2, 0) is 25.7 Å². The number of aromatic hydroxyl groups is 1. The lowest BCUT2D eigenvalue weighted by atomic mass is 9.59. The number of hydrogen-bond acceptors (Lipinski definition) is 7. The van der Waals surface area contributed by atoms with Crippen LogP contribution in [0.3, 0.4) is 0 Å². The van der Waals surface area contributed by atoms with Crippen LogP contribution in [0.2, 0.25) is 0 Å². The summed E-state index contributed by atoms with van der Waals surface area (Å²) in [7, 11) is 1.45. The molecule has 232 valence electrons. The molecule has 0 spiro atoms. The van der Waals surface area contributed by atoms with Crippen LogP contribution >= 0.6 is 15.9 Å². The Morgan fingerprint density at radius 1 is 1.00 bits per heavy atom. The predicted octanol–water partition coefficient (Wildman–Crippen LogP) is 5.26. The Balaban J connectivity index is 1.21. The van der Waals surface area contributed by atoms with Gasteiger partial charge in [-0.05, 0) is 62.3 Å². The van der Waals surface area contributed by atoms with Crippen molar-refractivity contribution in [3.8, 4) is 11.5 Å². The number of imide groups is 1. The van der Waals surface area contributed by atoms with E-state index in [-0.39, 0.29) is 47.3 Å². The highest BCUT2D eigenvalue weighted by molar-refractivity contribution is 9.10. The Morgan fingerprint density at radius 2 is 1.73 bits per heavy atom. The summed E-state index contributed by atoms with van der Waals surface area (Å²) in [6, 6.07) is 13.5. The third-order valence-corrected chi connectivity index (χ3v) is 10.8. The van der Waals surface area contributed by atoms with Crippen LogP contribution in [0.4, 0.5) is 0 Å². The maximum Gasteiger partial charge on any atom is 0.233 e. The molecule has 2 fully saturated rings. The molecule has 3 aliphatic carbocycles. The number of ketones is 2. The zero-order valence-corrected chi connectivity index (χ0v) is 26.9. The molecule has 2 amide bonds. The number of Topliss-reactive ketones (excluding diaryl/α,β-unsaturated/α-hetero) is 1. The number of amides is 2. The predicted molar refractivity (Wildman–Crippen MR) is 170 cm³/mol. The number of hydrogen-bond donors (Lipinski definition) is 1. The largest absolute Gasteiger partial charge is 0.504 e. The first-order chi connectivity index (χ1) is 21.7. The second-order valence-electron chi connectivity index (χ2n) is 12.8. The van der Waals surface area contributed by atoms with Crippen molar-refractivity contribution in [2.45, 2.75) is 51.1 Å². The lowest BCUT2D eigenvalue weighted by Gasteiger charge is -2.42. The molecular formula is C36H35BrN2O6. The Labute approximate surface area is 270 Å². The van der Waals surface area contributed by atoms with Gasteiger partial charge in [-0.3, -0.25) is 29.0 Å². The molecule has 9 heteroatoms. The van der Waals surface area contributed by atoms with Crippen LogP contribution in [0, 0.1) is 17.8 Å². The molecule has 0 bridgehead atoms. The summed E-state index contributed by atoms with van der Waals surface area (Å²) >= 11 is 3.51. The fourth-order valence-electron chi connectivity index (χ4n) is 8.25. The maximum absolute atomic E-state index is 14.3. The lowest BCUT2D eigenvalue weighted by molar-refractivity contribution is -0.144. The molecule has 1 N–H and O–H groups in total. The van der Waals surface area contributed by atoms with Crippen molar-refractivity contribution >= 4 is 39.3 Å². The minimum Gasteiger partial charge on any atom is -0.504 e. The summed E-state index contributed by atoms with van der Waals surface area (Å²) in [6.07, 6.45) is 5.36. The van der Waals surface area contributed by atoms with Gasteiger partial charge in [0.25, 0.3) is 0 Å². The number of rotatable bonds is 5. The summed E-state index contributed by atoms with van der Waals surface area (Å²) < 4.78 is 6.08. The van der Waals surface area contributed by atoms with E-state index in [4.69, 9.17) is 4.74 Å². The molecule has 2 aromatic carbocycles. The number of phenolic OH excluding ortho intramolecular Hbond substituents is 1. The number of phenols is 1. The summed E-state index contributed by atoms with van der Waals surface area (Å²) in [5, 5.41) is 11.3. The van der Waals surface area contributed by atoms with Crippen molar-refractivity contribution in [2.24, 2.45) is 17.8 Å². The van der Waals surface area contributed by atoms with Gasteiger partial charge in [-0.1, -0.05) is 57.9 Å². The molecule has 0 saturated carbocycles. The van der Waals surface area contributed by atoms with E-state index in [2.05, 4.69) is 33.0 Å². The number of nitrogens with zero attached hydrogens (tertiary/aromatic N) is 2. The normalized spacial score (nSPS) is 27.2. The fraction of sp³-hybridized carbons (Fsp3) is 0.389. The first kappa shape index (κ1) is 29.9. The maximum atomic E-state index is 14.3. The number of piperidine rings is 1. The number of carbonyl (C=O) groups is 4. The second-order valence-corrected chi connectivity index (χ2v) is 13.7. The molecule has 8 nitrogen and oxygen atoms in total. The van der Waals surface area contributed by atoms with Gasteiger partial charge in [0, 0.05) is 58.3 Å². The van der Waals surface area contributed by atoms with E-state index in [9.17, 15) is 24.3 Å². The fourth-order valence-corrected chi connectivity index (χ4v) is 8.70. The molecule has 0 aromatic heterocycles. The number of carbonyl (C=O) groups excluding carboxylic acids is 4. The Bertz CT molecular complexity index is 1720. The molecule has 2 aromatic rings. The van der Waals surface area contributed by atoms with Crippen LogP contribution in [-0.4, -0.2) is 64.5 Å². The minimum absolute atomic E-state index is 0.119. The highest BCUT2D eigenvalue weighted by Gasteiger charge is 2.57. The first-order valence-corrected chi connectivity index (χ1v) is 16.4. The van der Waals surface area contributed by atoms with Gasteiger partial charge in [0.05, 0.1) is 18.9 Å². The van der Waals surface area contributed by atoms with Crippen LogP contribution in [0.5, 0.6) is 11.5 Å². The van der Waals surface area contributed by atoms with Crippen LogP contribution in [0.1, 0.15) is 49.7 Å². The average Bonchev–Trinajstić information content (AvgIpc) is 3.30. The summed E-state index contributed by atoms with van der Waals surface area (Å²) in [6.45, 7) is 4.05. The average molecular weight is 672 g/mol. The van der Waals surface area contributed by atoms with Crippen molar-refractivity contribution < 1.29 is 29.0 Å². The van der Waals surface area contributed by atoms with E-state index in [1.54, 1.807) is 19.1 Å². The molecule has 5 aliphatic rings. The van der Waals surface area contributed by atoms with Gasteiger partial charge in [-0.15, -0.1) is 0 Å². The van der Waals surface area contributed by atoms with Crippen LogP contribution in [0.25, 0.3) is 0 Å². The number of allylic oxidation sites excluding steroid dienone is 6. The minimum atomic E-state index is -0.746. The van der Waals surface area contributed by atoms with Gasteiger partial charge >= 0.3 is 0 Å². The van der Waals surface area contributed by atoms with Gasteiger partial charge in [0.1, 0.15) is 0 Å². The van der Waals surface area contributed by atoms with Crippen molar-refractivity contribution in [1.82, 2.24) is 9.80 Å². The SMILES string of the molecule is COc1cc(Br)cc(C2C3=CCC4C(=O)N(C5CCN(Cc6ccccc6)CC5)C(=O)C4C3CC3=C2C(=O)C(C)=CC3=O)c1O. The molecule has 7 rings (SSSR count). The standard InChI is InChI=1S/C36H35BrN2O6/c1-19-14-28(40)26-17-25-23(30(32(26)33(19)41)27-15-21(37)16-29(45-2)34(27)42)8-9-24-31(25)36(44)39(35(24)43)22-10-12-38(13-11-22)18-20-6-4-3-5-7-20/h3-8,14-16,22,24-25,30-31,42H,9-13,17-18H2,1-2H3. The number of methoxy groups -OCH3 is 1. The molecule has 0 radical (unpaired) electrons. The summed E-state index contributed by atoms with van der Waals surface area (Å²) in [4.78, 5) is 59.3. The number of likely N-dealkylation sites (tertiary alicyclic amines) is 2. The Morgan fingerprint density at radius 3 is 2.44 bits per heavy atom. The summed E-state index contributed by atoms with van der Waals surface area (Å²) in [5.41, 5.74) is 3.53. The molecule has 2 aliphatic heterocycles. The Kier molecular flexibility index (Phi) is 7.64. The smallest absolute Gasteiger partial charge is 0.233 e. The molecule has 2 saturated heterocycles. The van der Waals surface area contributed by atoms with Crippen molar-refractivity contribution in [3.05, 3.63) is 92.5 Å². The van der Waals surface area contributed by atoms with E-state index >= 15 is 0 Å². The second kappa shape index (κ2) is 11.5. The van der Waals surface area contributed by atoms with E-state index in [1.165, 1.54) is 23.6 Å². The number of ether oxygens (including phenoxy) is 1. The van der Waals surface area contributed by atoms with Crippen LogP contribution < -0.4 is 4.74 Å². The third-order valence-electron chi connectivity index (χ3n) is 10.4. The highest BCUT2D eigenvalue weighted by Crippen LogP contribution is 2.57. The van der Waals surface area contributed by atoms with Crippen molar-refractivity contribution in [3.63, 3.8) is 0 Å². The monoisotopic (exact) mass is 670 g/mol. The highest BCUT2D eigenvalue weighted by atomic mass is 79.9. The van der Waals surface area contributed by atoms with Gasteiger partial charge in [-0.25, -0.2) is 0 Å². The van der Waals surface area contributed by atoms with E-state index in [1.807, 2.05) is 24.3 Å². The van der Waals surface area contributed by atoms with Crippen LogP contribution in [0.15, 0.2) is 81.4 Å². The zero-order chi connectivity index (χ0) is 31.6. The number of halogens is 1. The number of fused-ring (bicyclic) bond motifs is 3.